The Morgan fingerprint density at radius 1 is 1.33 bits per heavy atom. The average molecular weight is 569 g/mol. The zero-order chi connectivity index (χ0) is 28.1. The maximum absolute atomic E-state index is 13.0. The lowest BCUT2D eigenvalue weighted by atomic mass is 9.88. The molecule has 1 aliphatic carbocycles. The van der Waals surface area contributed by atoms with Gasteiger partial charge in [0, 0.05) is 11.4 Å². The smallest absolute Gasteiger partial charge is 0.341 e. The summed E-state index contributed by atoms with van der Waals surface area (Å²) < 4.78 is 13.4. The summed E-state index contributed by atoms with van der Waals surface area (Å²) in [5, 5.41) is 12.9. The number of hydrogen-bond acceptors (Lipinski definition) is 8. The molecule has 4 rings (SSSR count). The summed E-state index contributed by atoms with van der Waals surface area (Å²) in [6, 6.07) is 6.05. The number of carbonyl (C=O) groups is 2. The summed E-state index contributed by atoms with van der Waals surface area (Å²) in [5.41, 5.74) is 3.75. The molecule has 1 aromatic carbocycles. The average Bonchev–Trinajstić information content (AvgIpc) is 3.45. The van der Waals surface area contributed by atoms with Crippen LogP contribution in [0.1, 0.15) is 71.0 Å². The minimum absolute atomic E-state index is 0.114. The third-order valence-electron chi connectivity index (χ3n) is 6.63. The van der Waals surface area contributed by atoms with E-state index in [1.54, 1.807) is 13.0 Å². The molecule has 1 amide bonds. The lowest BCUT2D eigenvalue weighted by Crippen LogP contribution is -2.18. The number of aryl methyl sites for hydroxylation is 2. The van der Waals surface area contributed by atoms with Crippen LogP contribution in [0, 0.1) is 19.8 Å². The quantitative estimate of drug-likeness (QED) is 0.164. The van der Waals surface area contributed by atoms with Crippen LogP contribution in [0.2, 0.25) is 0 Å². The number of fused-ring (bicyclic) bond motifs is 1. The Kier molecular flexibility index (Phi) is 9.50. The van der Waals surface area contributed by atoms with E-state index < -0.39 is 0 Å². The van der Waals surface area contributed by atoms with Crippen LogP contribution in [-0.2, 0) is 28.9 Å². The van der Waals surface area contributed by atoms with E-state index in [1.807, 2.05) is 37.5 Å². The molecule has 3 aromatic rings. The van der Waals surface area contributed by atoms with Crippen LogP contribution in [0.25, 0.3) is 0 Å². The number of anilines is 1. The van der Waals surface area contributed by atoms with Gasteiger partial charge in [0.2, 0.25) is 5.91 Å². The fourth-order valence-corrected chi connectivity index (χ4v) is 6.90. The van der Waals surface area contributed by atoms with Gasteiger partial charge in [-0.25, -0.2) is 4.79 Å². The van der Waals surface area contributed by atoms with Gasteiger partial charge in [0.25, 0.3) is 0 Å². The van der Waals surface area contributed by atoms with Crippen LogP contribution in [0.5, 0.6) is 5.75 Å². The van der Waals surface area contributed by atoms with Crippen LogP contribution in [0.3, 0.4) is 0 Å². The molecule has 0 radical (unpaired) electrons. The maximum atomic E-state index is 13.0. The molecule has 2 aromatic heterocycles. The second kappa shape index (κ2) is 12.8. The summed E-state index contributed by atoms with van der Waals surface area (Å²) in [6.45, 7) is 14.6. The van der Waals surface area contributed by atoms with Crippen molar-refractivity contribution in [2.75, 3.05) is 17.7 Å². The number of allylic oxidation sites excluding steroid dienone is 1. The largest absolute Gasteiger partial charge is 0.482 e. The number of amides is 1. The second-order valence-electron chi connectivity index (χ2n) is 9.88. The van der Waals surface area contributed by atoms with Crippen LogP contribution in [0.4, 0.5) is 5.00 Å². The van der Waals surface area contributed by atoms with Gasteiger partial charge in [-0.2, -0.15) is 0 Å². The molecule has 0 saturated heterocycles. The van der Waals surface area contributed by atoms with Crippen LogP contribution in [-0.4, -0.2) is 39.0 Å². The number of esters is 1. The van der Waals surface area contributed by atoms with Crippen molar-refractivity contribution in [3.8, 4) is 5.75 Å². The number of aromatic nitrogens is 3. The van der Waals surface area contributed by atoms with Crippen molar-refractivity contribution in [2.24, 2.45) is 5.92 Å². The second-order valence-corrected chi connectivity index (χ2v) is 11.9. The summed E-state index contributed by atoms with van der Waals surface area (Å²) in [4.78, 5) is 27.0. The Labute approximate surface area is 238 Å². The fraction of sp³-hybridized carbons (Fsp3) is 0.448. The Morgan fingerprint density at radius 3 is 2.85 bits per heavy atom. The highest BCUT2D eigenvalue weighted by Crippen LogP contribution is 2.40. The van der Waals surface area contributed by atoms with E-state index in [2.05, 4.69) is 35.1 Å². The first-order valence-corrected chi connectivity index (χ1v) is 15.0. The van der Waals surface area contributed by atoms with Gasteiger partial charge in [0.15, 0.2) is 17.1 Å². The predicted molar refractivity (Wildman–Crippen MR) is 156 cm³/mol. The van der Waals surface area contributed by atoms with E-state index in [0.29, 0.717) is 34.0 Å². The van der Waals surface area contributed by atoms with Gasteiger partial charge in [-0.3, -0.25) is 9.36 Å². The molecule has 0 aliphatic heterocycles. The number of hydrogen-bond donors (Lipinski definition) is 1. The number of rotatable bonds is 11. The predicted octanol–water partition coefficient (Wildman–Crippen LogP) is 6.31. The van der Waals surface area contributed by atoms with Crippen LogP contribution < -0.4 is 10.1 Å². The summed E-state index contributed by atoms with van der Waals surface area (Å²) in [7, 11) is 0. The van der Waals surface area contributed by atoms with Gasteiger partial charge in [-0.05, 0) is 70.1 Å². The van der Waals surface area contributed by atoms with Crippen molar-refractivity contribution >= 4 is 40.0 Å². The molecule has 0 saturated carbocycles. The van der Waals surface area contributed by atoms with Gasteiger partial charge in [-0.1, -0.05) is 42.5 Å². The number of thiophene rings is 1. The molecule has 0 spiro atoms. The minimum atomic E-state index is -0.374. The van der Waals surface area contributed by atoms with Gasteiger partial charge in [0.1, 0.15) is 10.8 Å². The van der Waals surface area contributed by atoms with Gasteiger partial charge in [-0.15, -0.1) is 28.1 Å². The monoisotopic (exact) mass is 568 g/mol. The Hall–Kier alpha value is -3.11. The molecule has 1 aliphatic rings. The molecular formula is C29H36N4O4S2. The van der Waals surface area contributed by atoms with E-state index in [1.165, 1.54) is 28.7 Å². The number of nitrogens with zero attached hydrogens (tertiary/aromatic N) is 3. The molecule has 2 unspecified atom stereocenters. The van der Waals surface area contributed by atoms with E-state index in [9.17, 15) is 9.59 Å². The number of carbonyl (C=O) groups excluding carboxylic acids is 2. The first-order valence-electron chi connectivity index (χ1n) is 13.2. The van der Waals surface area contributed by atoms with E-state index in [-0.39, 0.29) is 30.3 Å². The third-order valence-corrected chi connectivity index (χ3v) is 8.77. The normalized spacial score (nSPS) is 15.4. The molecule has 2 atom stereocenters. The van der Waals surface area contributed by atoms with Crippen LogP contribution >= 0.6 is 23.1 Å². The van der Waals surface area contributed by atoms with E-state index in [0.717, 1.165) is 41.0 Å². The van der Waals surface area contributed by atoms with Crippen molar-refractivity contribution in [2.45, 2.75) is 71.7 Å². The van der Waals surface area contributed by atoms with Crippen molar-refractivity contribution in [1.82, 2.24) is 14.8 Å². The van der Waals surface area contributed by atoms with Crippen molar-refractivity contribution in [1.29, 1.82) is 0 Å². The first kappa shape index (κ1) is 28.9. The highest BCUT2D eigenvalue weighted by molar-refractivity contribution is 7.99. The Morgan fingerprint density at radius 2 is 2.13 bits per heavy atom. The molecule has 1 N–H and O–H groups in total. The van der Waals surface area contributed by atoms with E-state index >= 15 is 0 Å². The topological polar surface area (TPSA) is 95.3 Å². The van der Waals surface area contributed by atoms with Crippen LogP contribution in [0.15, 0.2) is 36.0 Å². The zero-order valence-corrected chi connectivity index (χ0v) is 24.8. The minimum Gasteiger partial charge on any atom is -0.482 e. The summed E-state index contributed by atoms with van der Waals surface area (Å²) in [6.07, 6.45) is 4.17. The van der Waals surface area contributed by atoms with Gasteiger partial charge < -0.3 is 14.8 Å². The number of ether oxygens (including phenoxy) is 2. The standard InChI is InChI=1S/C29H36N4O4S2/c1-7-13-33-26(20(6)37-22-12-10-17(3)14-19(22)5)31-32-29(33)38-16-24(34)30-27-25(28(35)36-8-2)21-11-9-18(4)15-23(21)39-27/h7,10,12,14,18,20H,1,8-9,11,13,15-16H2,2-6H3,(H,30,34). The highest BCUT2D eigenvalue weighted by atomic mass is 32.2. The molecule has 2 heterocycles. The van der Waals surface area contributed by atoms with Gasteiger partial charge in [0.05, 0.1) is 17.9 Å². The van der Waals surface area contributed by atoms with Gasteiger partial charge >= 0.3 is 5.97 Å². The number of nitrogens with one attached hydrogen (secondary N) is 1. The number of thioether (sulfide) groups is 1. The first-order chi connectivity index (χ1) is 18.7. The molecule has 208 valence electrons. The lowest BCUT2D eigenvalue weighted by molar-refractivity contribution is -0.113. The zero-order valence-electron chi connectivity index (χ0n) is 23.2. The molecule has 0 bridgehead atoms. The SMILES string of the molecule is C=CCn1c(SCC(=O)Nc2sc3c(c2C(=O)OCC)CCC(C)C3)nnc1C(C)Oc1ccc(C)cc1C. The van der Waals surface area contributed by atoms with Crippen molar-refractivity contribution in [3.05, 3.63) is 63.8 Å². The molecular weight excluding hydrogens is 532 g/mol. The fourth-order valence-electron chi connectivity index (χ4n) is 4.73. The summed E-state index contributed by atoms with van der Waals surface area (Å²) in [5.74, 6) is 1.52. The van der Waals surface area contributed by atoms with Crippen molar-refractivity contribution in [3.63, 3.8) is 0 Å². The summed E-state index contributed by atoms with van der Waals surface area (Å²) >= 11 is 2.77. The Balaban J connectivity index is 1.47. The maximum Gasteiger partial charge on any atom is 0.341 e. The third kappa shape index (κ3) is 6.73. The molecule has 8 nitrogen and oxygen atoms in total. The molecule has 39 heavy (non-hydrogen) atoms. The Bertz CT molecular complexity index is 1360. The number of benzene rings is 1. The highest BCUT2D eigenvalue weighted by Gasteiger charge is 2.29. The molecule has 0 fully saturated rings. The molecule has 10 heteroatoms. The van der Waals surface area contributed by atoms with E-state index in [4.69, 9.17) is 9.47 Å². The van der Waals surface area contributed by atoms with Crippen molar-refractivity contribution < 1.29 is 19.1 Å². The lowest BCUT2D eigenvalue weighted by Gasteiger charge is -2.18.